The van der Waals surface area contributed by atoms with E-state index in [1.54, 1.807) is 26.0 Å². The number of nitrogens with zero attached hydrogens (tertiary/aromatic N) is 3. The van der Waals surface area contributed by atoms with E-state index in [0.29, 0.717) is 5.69 Å². The monoisotopic (exact) mass is 448 g/mol. The maximum Gasteiger partial charge on any atom is 0.410 e. The van der Waals surface area contributed by atoms with Gasteiger partial charge >= 0.3 is 6.09 Å². The first kappa shape index (κ1) is 23.8. The normalized spacial score (nSPS) is 17.3. The van der Waals surface area contributed by atoms with E-state index in [-0.39, 0.29) is 44.0 Å². The summed E-state index contributed by atoms with van der Waals surface area (Å²) in [7, 11) is 0. The first-order chi connectivity index (χ1) is 15.9. The first-order valence-corrected chi connectivity index (χ1v) is 10.9. The zero-order valence-electron chi connectivity index (χ0n) is 18.8. The Morgan fingerprint density at radius 2 is 1.76 bits per heavy atom. The van der Waals surface area contributed by atoms with E-state index in [1.165, 1.54) is 9.80 Å². The number of rotatable bonds is 7. The molecular formula is C25H28N4O4. The number of ether oxygens (including phenoxy) is 1. The number of para-hydroxylation sites is 1. The molecule has 0 aliphatic carbocycles. The summed E-state index contributed by atoms with van der Waals surface area (Å²) < 4.78 is 5.38. The molecule has 3 rings (SSSR count). The minimum Gasteiger partial charge on any atom is -0.445 e. The number of nitriles is 1. The van der Waals surface area contributed by atoms with Crippen LogP contribution in [0.25, 0.3) is 0 Å². The number of nitrogens with one attached hydrogen (secondary N) is 1. The van der Waals surface area contributed by atoms with E-state index in [9.17, 15) is 19.6 Å². The van der Waals surface area contributed by atoms with Gasteiger partial charge in [-0.15, -0.1) is 0 Å². The largest absolute Gasteiger partial charge is 0.445 e. The molecular weight excluding hydrogens is 420 g/mol. The van der Waals surface area contributed by atoms with Gasteiger partial charge in [0.1, 0.15) is 19.2 Å². The van der Waals surface area contributed by atoms with Crippen molar-refractivity contribution in [2.24, 2.45) is 5.92 Å². The molecule has 1 fully saturated rings. The van der Waals surface area contributed by atoms with Crippen molar-refractivity contribution in [1.29, 1.82) is 5.26 Å². The van der Waals surface area contributed by atoms with Gasteiger partial charge in [0.05, 0.1) is 12.0 Å². The minimum absolute atomic E-state index is 0.101. The third-order valence-electron chi connectivity index (χ3n) is 5.55. The van der Waals surface area contributed by atoms with Crippen molar-refractivity contribution in [3.05, 3.63) is 66.2 Å². The van der Waals surface area contributed by atoms with Crippen molar-refractivity contribution >= 4 is 23.6 Å². The molecule has 1 saturated heterocycles. The molecule has 2 atom stereocenters. The first-order valence-electron chi connectivity index (χ1n) is 10.9. The Bertz CT molecular complexity index is 1000. The lowest BCUT2D eigenvalue weighted by Crippen LogP contribution is -2.47. The molecule has 0 bridgehead atoms. The Labute approximate surface area is 193 Å². The van der Waals surface area contributed by atoms with Crippen LogP contribution in [-0.4, -0.2) is 52.9 Å². The zero-order valence-corrected chi connectivity index (χ0v) is 18.8. The summed E-state index contributed by atoms with van der Waals surface area (Å²) >= 11 is 0. The molecule has 33 heavy (non-hydrogen) atoms. The van der Waals surface area contributed by atoms with Crippen LogP contribution in [0.3, 0.4) is 0 Å². The second-order valence-corrected chi connectivity index (χ2v) is 8.24. The average molecular weight is 449 g/mol. The van der Waals surface area contributed by atoms with E-state index < -0.39 is 18.1 Å². The van der Waals surface area contributed by atoms with Gasteiger partial charge in [0.2, 0.25) is 11.8 Å². The lowest BCUT2D eigenvalue weighted by atomic mass is 10.1. The van der Waals surface area contributed by atoms with E-state index in [4.69, 9.17) is 4.74 Å². The highest BCUT2D eigenvalue weighted by Gasteiger charge is 2.39. The van der Waals surface area contributed by atoms with Crippen LogP contribution >= 0.6 is 0 Å². The third kappa shape index (κ3) is 6.32. The second kappa shape index (κ2) is 11.1. The lowest BCUT2D eigenvalue weighted by Gasteiger charge is -2.28. The predicted molar refractivity (Wildman–Crippen MR) is 123 cm³/mol. The van der Waals surface area contributed by atoms with E-state index in [1.807, 2.05) is 48.5 Å². The lowest BCUT2D eigenvalue weighted by molar-refractivity contribution is -0.132. The van der Waals surface area contributed by atoms with Gasteiger partial charge in [0.25, 0.3) is 0 Å². The number of benzene rings is 2. The Morgan fingerprint density at radius 1 is 1.12 bits per heavy atom. The molecule has 0 spiro atoms. The van der Waals surface area contributed by atoms with Gasteiger partial charge in [-0.05, 0) is 38.0 Å². The highest BCUT2D eigenvalue weighted by Crippen LogP contribution is 2.25. The van der Waals surface area contributed by atoms with Gasteiger partial charge < -0.3 is 15.0 Å². The quantitative estimate of drug-likeness (QED) is 0.699. The number of hydrogen-bond acceptors (Lipinski definition) is 5. The smallest absolute Gasteiger partial charge is 0.410 e. The fraction of sp³-hybridized carbons (Fsp3) is 0.360. The second-order valence-electron chi connectivity index (χ2n) is 8.24. The van der Waals surface area contributed by atoms with Gasteiger partial charge in [0, 0.05) is 18.3 Å². The third-order valence-corrected chi connectivity index (χ3v) is 5.55. The molecule has 0 radical (unpaired) electrons. The number of likely N-dealkylation sites (tertiary alicyclic amines) is 1. The van der Waals surface area contributed by atoms with E-state index in [2.05, 4.69) is 11.4 Å². The number of carbonyl (C=O) groups excluding carboxylic acids is 3. The Hall–Kier alpha value is -3.86. The summed E-state index contributed by atoms with van der Waals surface area (Å²) in [5, 5.41) is 12.4. The van der Waals surface area contributed by atoms with Gasteiger partial charge in [-0.1, -0.05) is 48.5 Å². The van der Waals surface area contributed by atoms with Crippen LogP contribution in [0.1, 0.15) is 25.8 Å². The maximum absolute atomic E-state index is 13.0. The molecule has 8 heteroatoms. The highest BCUT2D eigenvalue weighted by atomic mass is 16.6. The molecule has 8 nitrogen and oxygen atoms in total. The molecule has 2 aromatic carbocycles. The molecule has 1 aliphatic rings. The van der Waals surface area contributed by atoms with Crippen LogP contribution in [0.5, 0.6) is 0 Å². The number of anilines is 1. The maximum atomic E-state index is 13.0. The Balaban J connectivity index is 1.60. The Kier molecular flexibility index (Phi) is 8.03. The van der Waals surface area contributed by atoms with Crippen molar-refractivity contribution in [1.82, 2.24) is 9.80 Å². The fourth-order valence-electron chi connectivity index (χ4n) is 3.69. The molecule has 2 aromatic rings. The van der Waals surface area contributed by atoms with Gasteiger partial charge in [-0.25, -0.2) is 4.79 Å². The van der Waals surface area contributed by atoms with Crippen molar-refractivity contribution in [3.63, 3.8) is 0 Å². The standard InChI is InChI=1S/C25H28N4O4/c1-18(2)28(25(32)33-17-19-9-5-3-6-10-19)16-23(30)29-15-20(13-22(29)14-26)24(31)27-21-11-7-4-8-12-21/h3-12,18,20,22H,13,15-17H2,1-2H3,(H,27,31). The van der Waals surface area contributed by atoms with Gasteiger partial charge in [-0.2, -0.15) is 5.26 Å². The molecule has 1 aliphatic heterocycles. The summed E-state index contributed by atoms with van der Waals surface area (Å²) in [5.41, 5.74) is 1.50. The van der Waals surface area contributed by atoms with E-state index >= 15 is 0 Å². The fourth-order valence-corrected chi connectivity index (χ4v) is 3.69. The minimum atomic E-state index is -0.724. The van der Waals surface area contributed by atoms with Crippen molar-refractivity contribution in [3.8, 4) is 6.07 Å². The summed E-state index contributed by atoms with van der Waals surface area (Å²) in [6, 6.07) is 19.4. The van der Waals surface area contributed by atoms with Crippen molar-refractivity contribution < 1.29 is 19.1 Å². The highest BCUT2D eigenvalue weighted by molar-refractivity contribution is 5.94. The molecule has 0 aromatic heterocycles. The van der Waals surface area contributed by atoms with E-state index in [0.717, 1.165) is 5.56 Å². The van der Waals surface area contributed by atoms with Crippen LogP contribution in [0, 0.1) is 17.2 Å². The SMILES string of the molecule is CC(C)N(CC(=O)N1CC(C(=O)Nc2ccccc2)CC1C#N)C(=O)OCc1ccccc1. The number of hydrogen-bond donors (Lipinski definition) is 1. The summed E-state index contributed by atoms with van der Waals surface area (Å²) in [6.45, 7) is 3.58. The molecule has 2 unspecified atom stereocenters. The van der Waals surface area contributed by atoms with Crippen LogP contribution in [0.2, 0.25) is 0 Å². The summed E-state index contributed by atoms with van der Waals surface area (Å²) in [6.07, 6.45) is -0.352. The topological polar surface area (TPSA) is 103 Å². The molecule has 3 amide bonds. The zero-order chi connectivity index (χ0) is 23.8. The van der Waals surface area contributed by atoms with Crippen LogP contribution in [0.15, 0.2) is 60.7 Å². The number of carbonyl (C=O) groups is 3. The molecule has 172 valence electrons. The van der Waals surface area contributed by atoms with Crippen LogP contribution in [0.4, 0.5) is 10.5 Å². The molecule has 1 heterocycles. The van der Waals surface area contributed by atoms with Crippen molar-refractivity contribution in [2.75, 3.05) is 18.4 Å². The summed E-state index contributed by atoms with van der Waals surface area (Å²) in [4.78, 5) is 41.0. The Morgan fingerprint density at radius 3 is 2.36 bits per heavy atom. The van der Waals surface area contributed by atoms with Crippen LogP contribution < -0.4 is 5.32 Å². The number of amides is 3. The van der Waals surface area contributed by atoms with Gasteiger partial charge in [-0.3, -0.25) is 14.5 Å². The molecule has 1 N–H and O–H groups in total. The predicted octanol–water partition coefficient (Wildman–Crippen LogP) is 3.41. The molecule has 0 saturated carbocycles. The van der Waals surface area contributed by atoms with Crippen molar-refractivity contribution in [2.45, 2.75) is 39.0 Å². The van der Waals surface area contributed by atoms with Gasteiger partial charge in [0.15, 0.2) is 0 Å². The average Bonchev–Trinajstić information content (AvgIpc) is 3.27. The van der Waals surface area contributed by atoms with Crippen LogP contribution in [-0.2, 0) is 20.9 Å². The summed E-state index contributed by atoms with van der Waals surface area (Å²) in [5.74, 6) is -1.13.